The van der Waals surface area contributed by atoms with Crippen LogP contribution in [0, 0.1) is 6.08 Å². The summed E-state index contributed by atoms with van der Waals surface area (Å²) < 4.78 is 0. The second-order valence-electron chi connectivity index (χ2n) is 0.955. The fraction of sp³-hybridized carbons (Fsp3) is 0.333. The van der Waals surface area contributed by atoms with Gasteiger partial charge in [0.15, 0.2) is 0 Å². The normalized spacial score (nSPS) is 11.7. The standard InChI is InChI=1S/C6H9/c1-3-5-6-4-2/h3-5H,1-2H3/q-1. The molecule has 0 saturated carbocycles. The van der Waals surface area contributed by atoms with Crippen LogP contribution < -0.4 is 0 Å². The lowest BCUT2D eigenvalue weighted by molar-refractivity contribution is 1.65. The number of hydrogen-bond acceptors (Lipinski definition) is 0. The van der Waals surface area contributed by atoms with Gasteiger partial charge in [-0.2, -0.15) is 6.08 Å². The maximum Gasteiger partial charge on any atom is -0.0641 e. The van der Waals surface area contributed by atoms with Crippen LogP contribution in [-0.2, 0) is 0 Å². The van der Waals surface area contributed by atoms with E-state index in [4.69, 9.17) is 0 Å². The molecule has 0 amide bonds. The summed E-state index contributed by atoms with van der Waals surface area (Å²) in [6.45, 7) is 3.91. The van der Waals surface area contributed by atoms with Crippen LogP contribution in [0.3, 0.4) is 0 Å². The first kappa shape index (κ1) is 5.48. The molecule has 0 nitrogen and oxygen atoms in total. The molecule has 0 spiro atoms. The van der Waals surface area contributed by atoms with Gasteiger partial charge >= 0.3 is 0 Å². The number of allylic oxidation sites excluding steroid dienone is 4. The van der Waals surface area contributed by atoms with Crippen molar-refractivity contribution in [1.82, 2.24) is 0 Å². The van der Waals surface area contributed by atoms with Crippen LogP contribution in [0.1, 0.15) is 13.8 Å². The molecule has 0 heterocycles. The summed E-state index contributed by atoms with van der Waals surface area (Å²) in [6, 6.07) is 0. The molecule has 0 bridgehead atoms. The van der Waals surface area contributed by atoms with Crippen LogP contribution in [0.5, 0.6) is 0 Å². The van der Waals surface area contributed by atoms with E-state index in [1.165, 1.54) is 0 Å². The highest BCUT2D eigenvalue weighted by molar-refractivity contribution is 4.90. The molecule has 34 valence electrons. The summed E-state index contributed by atoms with van der Waals surface area (Å²) in [6.07, 6.45) is 8.59. The smallest absolute Gasteiger partial charge is 0.0641 e. The van der Waals surface area contributed by atoms with Gasteiger partial charge in [-0.05, 0) is 0 Å². The Morgan fingerprint density at radius 3 is 2.17 bits per heavy atom. The van der Waals surface area contributed by atoms with E-state index in [9.17, 15) is 0 Å². The fourth-order valence-corrected chi connectivity index (χ4v) is 0.192. The maximum atomic E-state index is 2.89. The van der Waals surface area contributed by atoms with Crippen molar-refractivity contribution in [3.8, 4) is 0 Å². The van der Waals surface area contributed by atoms with Crippen molar-refractivity contribution in [2.45, 2.75) is 13.8 Å². The van der Waals surface area contributed by atoms with E-state index in [-0.39, 0.29) is 0 Å². The number of rotatable bonds is 1. The molecule has 0 saturated heterocycles. The quantitative estimate of drug-likeness (QED) is 0.334. The van der Waals surface area contributed by atoms with Crippen LogP contribution in [-0.4, -0.2) is 0 Å². The van der Waals surface area contributed by atoms with Gasteiger partial charge in [-0.3, -0.25) is 6.08 Å². The number of hydrogen-bond donors (Lipinski definition) is 0. The summed E-state index contributed by atoms with van der Waals surface area (Å²) in [5, 5.41) is 0. The predicted octanol–water partition coefficient (Wildman–Crippen LogP) is 1.94. The van der Waals surface area contributed by atoms with Crippen LogP contribution in [0.2, 0.25) is 0 Å². The Hall–Kier alpha value is -0.520. The third-order valence-corrected chi connectivity index (χ3v) is 0.430. The van der Waals surface area contributed by atoms with Gasteiger partial charge in [-0.15, -0.1) is 6.92 Å². The van der Waals surface area contributed by atoms with E-state index in [0.29, 0.717) is 0 Å². The largest absolute Gasteiger partial charge is 0.255 e. The Bertz CT molecular complexity index is 48.4. The molecule has 0 rings (SSSR count). The Morgan fingerprint density at radius 1 is 1.33 bits per heavy atom. The third kappa shape index (κ3) is 3.48. The van der Waals surface area contributed by atoms with E-state index < -0.39 is 0 Å². The molecule has 6 heavy (non-hydrogen) atoms. The lowest BCUT2D eigenvalue weighted by Crippen LogP contribution is -1.42. The van der Waals surface area contributed by atoms with Gasteiger partial charge in [0.1, 0.15) is 0 Å². The van der Waals surface area contributed by atoms with Crippen molar-refractivity contribution in [2.75, 3.05) is 0 Å². The molecule has 0 unspecified atom stereocenters. The zero-order valence-corrected chi connectivity index (χ0v) is 4.23. The van der Waals surface area contributed by atoms with Crippen molar-refractivity contribution in [3.05, 3.63) is 24.3 Å². The molecule has 0 aliphatic heterocycles. The average molecular weight is 81.1 g/mol. The molecular formula is C6H9-. The van der Waals surface area contributed by atoms with E-state index in [0.717, 1.165) is 0 Å². The SMILES string of the molecule is CC=[C-]C=CC. The van der Waals surface area contributed by atoms with Crippen LogP contribution >= 0.6 is 0 Å². The lowest BCUT2D eigenvalue weighted by Gasteiger charge is -1.77. The van der Waals surface area contributed by atoms with Crippen molar-refractivity contribution in [1.29, 1.82) is 0 Å². The Labute approximate surface area is 39.2 Å². The first-order valence-corrected chi connectivity index (χ1v) is 2.07. The zero-order valence-electron chi connectivity index (χ0n) is 4.23. The fourth-order valence-electron chi connectivity index (χ4n) is 0.192. The Kier molecular flexibility index (Phi) is 4.09. The van der Waals surface area contributed by atoms with E-state index in [1.807, 2.05) is 32.1 Å². The minimum atomic E-state index is 1.88. The monoisotopic (exact) mass is 81.1 g/mol. The zero-order chi connectivity index (χ0) is 4.83. The molecule has 0 aliphatic carbocycles. The molecule has 0 radical (unpaired) electrons. The molecule has 0 heteroatoms. The summed E-state index contributed by atoms with van der Waals surface area (Å²) in [5.41, 5.74) is 0. The highest BCUT2D eigenvalue weighted by Gasteiger charge is 1.35. The summed E-state index contributed by atoms with van der Waals surface area (Å²) in [7, 11) is 0. The molecular weight excluding hydrogens is 72.1 g/mol. The first-order chi connectivity index (χ1) is 2.91. The molecule has 0 fully saturated rings. The minimum absolute atomic E-state index is 1.88. The second-order valence-corrected chi connectivity index (χ2v) is 0.955. The van der Waals surface area contributed by atoms with Gasteiger partial charge in [0, 0.05) is 0 Å². The van der Waals surface area contributed by atoms with Crippen molar-refractivity contribution in [2.24, 2.45) is 0 Å². The summed E-state index contributed by atoms with van der Waals surface area (Å²) in [4.78, 5) is 0. The van der Waals surface area contributed by atoms with Crippen LogP contribution in [0.25, 0.3) is 0 Å². The van der Waals surface area contributed by atoms with Crippen molar-refractivity contribution in [3.63, 3.8) is 0 Å². The Balaban J connectivity index is 3.07. The molecule has 0 atom stereocenters. The van der Waals surface area contributed by atoms with Gasteiger partial charge in [0.05, 0.1) is 0 Å². The van der Waals surface area contributed by atoms with Gasteiger partial charge in [0.25, 0.3) is 0 Å². The van der Waals surface area contributed by atoms with Gasteiger partial charge in [0.2, 0.25) is 0 Å². The maximum absolute atomic E-state index is 2.89. The minimum Gasteiger partial charge on any atom is -0.255 e. The van der Waals surface area contributed by atoms with Gasteiger partial charge in [-0.1, -0.05) is 6.92 Å². The second kappa shape index (κ2) is 4.48. The highest BCUT2D eigenvalue weighted by atomic mass is 13.6. The summed E-state index contributed by atoms with van der Waals surface area (Å²) in [5.74, 6) is 0. The van der Waals surface area contributed by atoms with Crippen LogP contribution in [0.15, 0.2) is 18.2 Å². The van der Waals surface area contributed by atoms with Crippen LogP contribution in [0.4, 0.5) is 0 Å². The van der Waals surface area contributed by atoms with E-state index in [2.05, 4.69) is 6.08 Å². The highest BCUT2D eigenvalue weighted by Crippen LogP contribution is 1.69. The van der Waals surface area contributed by atoms with E-state index in [1.54, 1.807) is 0 Å². The lowest BCUT2D eigenvalue weighted by atomic mass is 10.5. The van der Waals surface area contributed by atoms with Crippen molar-refractivity contribution >= 4 is 0 Å². The average Bonchev–Trinajstić information content (AvgIpc) is 1.61. The molecule has 0 aromatic carbocycles. The topological polar surface area (TPSA) is 0 Å². The van der Waals surface area contributed by atoms with Gasteiger partial charge in [-0.25, -0.2) is 12.2 Å². The predicted molar refractivity (Wildman–Crippen MR) is 28.3 cm³/mol. The molecule has 0 N–H and O–H groups in total. The molecule has 0 aliphatic rings. The molecule has 0 aromatic heterocycles. The van der Waals surface area contributed by atoms with Crippen molar-refractivity contribution < 1.29 is 0 Å². The Morgan fingerprint density at radius 2 is 2.00 bits per heavy atom. The van der Waals surface area contributed by atoms with E-state index >= 15 is 0 Å². The molecule has 0 aromatic rings. The summed E-state index contributed by atoms with van der Waals surface area (Å²) >= 11 is 0. The van der Waals surface area contributed by atoms with Gasteiger partial charge < -0.3 is 0 Å². The third-order valence-electron chi connectivity index (χ3n) is 0.430. The first-order valence-electron chi connectivity index (χ1n) is 2.07.